The molecule has 0 saturated heterocycles. The fraction of sp³-hybridized carbons (Fsp3) is 0.286. The molecule has 2 N–H and O–H groups in total. The van der Waals surface area contributed by atoms with Crippen LogP contribution >= 0.6 is 11.3 Å². The van der Waals surface area contributed by atoms with Crippen molar-refractivity contribution in [1.82, 2.24) is 4.98 Å². The summed E-state index contributed by atoms with van der Waals surface area (Å²) in [6, 6.07) is -0.0536. The lowest BCUT2D eigenvalue weighted by molar-refractivity contribution is 0.959. The van der Waals surface area contributed by atoms with E-state index < -0.39 is 0 Å². The summed E-state index contributed by atoms with van der Waals surface area (Å²) in [5.74, 6) is 5.75. The molecule has 0 saturated carbocycles. The molecule has 0 amide bonds. The molecule has 0 fully saturated rings. The fourth-order valence-corrected chi connectivity index (χ4v) is 0.937. The molecular weight excluding hydrogens is 144 g/mol. The molecule has 1 aromatic heterocycles. The minimum atomic E-state index is -0.0536. The van der Waals surface area contributed by atoms with Crippen LogP contribution in [-0.2, 0) is 0 Å². The molecule has 1 unspecified atom stereocenters. The summed E-state index contributed by atoms with van der Waals surface area (Å²) in [4.78, 5) is 4.85. The zero-order chi connectivity index (χ0) is 7.40. The van der Waals surface area contributed by atoms with Gasteiger partial charge in [0.05, 0.1) is 22.6 Å². The predicted octanol–water partition coefficient (Wildman–Crippen LogP) is 0.842. The molecule has 1 rings (SSSR count). The normalized spacial score (nSPS) is 11.8. The molecule has 1 heterocycles. The van der Waals surface area contributed by atoms with Gasteiger partial charge in [-0.3, -0.25) is 4.98 Å². The lowest BCUT2D eigenvalue weighted by Crippen LogP contribution is -2.10. The highest BCUT2D eigenvalue weighted by Gasteiger charge is 1.86. The molecule has 0 aromatic carbocycles. The van der Waals surface area contributed by atoms with E-state index >= 15 is 0 Å². The molecule has 2 nitrogen and oxygen atoms in total. The van der Waals surface area contributed by atoms with Crippen LogP contribution in [0.4, 0.5) is 0 Å². The Hall–Kier alpha value is -0.850. The number of nitrogens with zero attached hydrogens (tertiary/aromatic N) is 1. The van der Waals surface area contributed by atoms with Crippen molar-refractivity contribution < 1.29 is 0 Å². The SMILES string of the molecule is CC(N)C#Cc1cncs1. The molecule has 10 heavy (non-hydrogen) atoms. The third kappa shape index (κ3) is 2.18. The first kappa shape index (κ1) is 7.26. The van der Waals surface area contributed by atoms with Crippen LogP contribution in [0.1, 0.15) is 11.8 Å². The molecule has 0 radical (unpaired) electrons. The molecule has 0 aliphatic carbocycles. The third-order valence-electron chi connectivity index (χ3n) is 0.855. The van der Waals surface area contributed by atoms with Crippen LogP contribution in [0.3, 0.4) is 0 Å². The Morgan fingerprint density at radius 1 is 1.80 bits per heavy atom. The van der Waals surface area contributed by atoms with E-state index in [1.807, 2.05) is 6.92 Å². The molecule has 52 valence electrons. The summed E-state index contributed by atoms with van der Waals surface area (Å²) >= 11 is 1.52. The van der Waals surface area contributed by atoms with E-state index in [4.69, 9.17) is 5.73 Å². The third-order valence-corrected chi connectivity index (χ3v) is 1.54. The number of aromatic nitrogens is 1. The number of hydrogen-bond donors (Lipinski definition) is 1. The maximum absolute atomic E-state index is 5.42. The van der Waals surface area contributed by atoms with Gasteiger partial charge in [0.25, 0.3) is 0 Å². The van der Waals surface area contributed by atoms with Gasteiger partial charge in [0.1, 0.15) is 0 Å². The molecule has 0 spiro atoms. The first-order valence-electron chi connectivity index (χ1n) is 2.94. The first-order chi connectivity index (χ1) is 4.79. The van der Waals surface area contributed by atoms with Crippen molar-refractivity contribution in [2.45, 2.75) is 13.0 Å². The van der Waals surface area contributed by atoms with Gasteiger partial charge in [0.2, 0.25) is 0 Å². The van der Waals surface area contributed by atoms with Crippen LogP contribution in [0, 0.1) is 11.8 Å². The van der Waals surface area contributed by atoms with Gasteiger partial charge in [-0.2, -0.15) is 0 Å². The second-order valence-electron chi connectivity index (χ2n) is 1.92. The summed E-state index contributed by atoms with van der Waals surface area (Å²) in [6.45, 7) is 1.86. The van der Waals surface area contributed by atoms with Gasteiger partial charge in [-0.1, -0.05) is 11.8 Å². The van der Waals surface area contributed by atoms with E-state index in [9.17, 15) is 0 Å². The maximum Gasteiger partial charge on any atom is 0.0967 e. The highest BCUT2D eigenvalue weighted by Crippen LogP contribution is 2.01. The zero-order valence-corrected chi connectivity index (χ0v) is 6.48. The summed E-state index contributed by atoms with van der Waals surface area (Å²) < 4.78 is 0. The van der Waals surface area contributed by atoms with Gasteiger partial charge in [0.15, 0.2) is 0 Å². The van der Waals surface area contributed by atoms with Crippen LogP contribution in [-0.4, -0.2) is 11.0 Å². The minimum absolute atomic E-state index is 0.0536. The van der Waals surface area contributed by atoms with E-state index in [0.717, 1.165) is 4.88 Å². The smallest absolute Gasteiger partial charge is 0.0967 e. The van der Waals surface area contributed by atoms with Crippen molar-refractivity contribution in [2.24, 2.45) is 5.73 Å². The average molecular weight is 152 g/mol. The predicted molar refractivity (Wildman–Crippen MR) is 42.6 cm³/mol. The van der Waals surface area contributed by atoms with E-state index in [2.05, 4.69) is 16.8 Å². The Kier molecular flexibility index (Phi) is 2.43. The Bertz CT molecular complexity index is 240. The second-order valence-corrected chi connectivity index (χ2v) is 2.81. The summed E-state index contributed by atoms with van der Waals surface area (Å²) in [6.07, 6.45) is 1.74. The number of rotatable bonds is 0. The van der Waals surface area contributed by atoms with Crippen molar-refractivity contribution in [3.05, 3.63) is 16.6 Å². The van der Waals surface area contributed by atoms with Crippen molar-refractivity contribution in [1.29, 1.82) is 0 Å². The van der Waals surface area contributed by atoms with Gasteiger partial charge in [-0.05, 0) is 6.92 Å². The summed E-state index contributed by atoms with van der Waals surface area (Å²) in [7, 11) is 0. The highest BCUT2D eigenvalue weighted by atomic mass is 32.1. The molecule has 1 atom stereocenters. The second kappa shape index (κ2) is 3.35. The lowest BCUT2D eigenvalue weighted by atomic mass is 10.3. The maximum atomic E-state index is 5.42. The Morgan fingerprint density at radius 2 is 2.60 bits per heavy atom. The largest absolute Gasteiger partial charge is 0.318 e. The van der Waals surface area contributed by atoms with Crippen molar-refractivity contribution in [3.8, 4) is 11.8 Å². The van der Waals surface area contributed by atoms with Crippen LogP contribution in [0.15, 0.2) is 11.7 Å². The van der Waals surface area contributed by atoms with Crippen molar-refractivity contribution >= 4 is 11.3 Å². The topological polar surface area (TPSA) is 38.9 Å². The molecule has 0 aliphatic rings. The van der Waals surface area contributed by atoms with Gasteiger partial charge < -0.3 is 5.73 Å². The fourth-order valence-electron chi connectivity index (χ4n) is 0.462. The van der Waals surface area contributed by atoms with Crippen molar-refractivity contribution in [3.63, 3.8) is 0 Å². The van der Waals surface area contributed by atoms with Gasteiger partial charge in [-0.25, -0.2) is 0 Å². The molecule has 1 aromatic rings. The molecule has 0 bridgehead atoms. The van der Waals surface area contributed by atoms with Crippen LogP contribution < -0.4 is 5.73 Å². The Labute approximate surface area is 64.1 Å². The van der Waals surface area contributed by atoms with Crippen LogP contribution in [0.25, 0.3) is 0 Å². The van der Waals surface area contributed by atoms with Gasteiger partial charge in [0, 0.05) is 0 Å². The molecular formula is C7H8N2S. The van der Waals surface area contributed by atoms with E-state index in [1.54, 1.807) is 11.7 Å². The first-order valence-corrected chi connectivity index (χ1v) is 3.82. The zero-order valence-electron chi connectivity index (χ0n) is 5.66. The highest BCUT2D eigenvalue weighted by molar-refractivity contribution is 7.10. The molecule has 0 aliphatic heterocycles. The molecule has 3 heteroatoms. The van der Waals surface area contributed by atoms with E-state index in [-0.39, 0.29) is 6.04 Å². The van der Waals surface area contributed by atoms with Gasteiger partial charge >= 0.3 is 0 Å². The monoisotopic (exact) mass is 152 g/mol. The van der Waals surface area contributed by atoms with E-state index in [1.165, 1.54) is 11.3 Å². The summed E-state index contributed by atoms with van der Waals surface area (Å²) in [5.41, 5.74) is 7.17. The summed E-state index contributed by atoms with van der Waals surface area (Å²) in [5, 5.41) is 0. The number of hydrogen-bond acceptors (Lipinski definition) is 3. The average Bonchev–Trinajstić information content (AvgIpc) is 2.34. The number of nitrogens with two attached hydrogens (primary N) is 1. The number of thiazole rings is 1. The van der Waals surface area contributed by atoms with Crippen LogP contribution in [0.5, 0.6) is 0 Å². The van der Waals surface area contributed by atoms with Gasteiger partial charge in [-0.15, -0.1) is 11.3 Å². The standard InChI is InChI=1S/C7H8N2S/c1-6(8)2-3-7-4-9-5-10-7/h4-6H,8H2,1H3. The van der Waals surface area contributed by atoms with E-state index in [0.29, 0.717) is 0 Å². The Morgan fingerprint density at radius 3 is 3.10 bits per heavy atom. The quantitative estimate of drug-likeness (QED) is 0.559. The Balaban J connectivity index is 2.66. The minimum Gasteiger partial charge on any atom is -0.318 e. The van der Waals surface area contributed by atoms with Crippen LogP contribution in [0.2, 0.25) is 0 Å². The van der Waals surface area contributed by atoms with Crippen molar-refractivity contribution in [2.75, 3.05) is 0 Å². The lowest BCUT2D eigenvalue weighted by Gasteiger charge is -1.85.